The number of nitrogens with zero attached hydrogens (tertiary/aromatic N) is 1. The third kappa shape index (κ3) is 3.21. The molecule has 0 aliphatic carbocycles. The Hall–Kier alpha value is -1.08. The van der Waals surface area contributed by atoms with Crippen molar-refractivity contribution in [2.45, 2.75) is 25.2 Å². The molecule has 0 radical (unpaired) electrons. The van der Waals surface area contributed by atoms with Gasteiger partial charge in [0.05, 0.1) is 16.5 Å². The summed E-state index contributed by atoms with van der Waals surface area (Å²) in [4.78, 5) is 0.0132. The Kier molecular flexibility index (Phi) is 4.75. The molecule has 86 valence electrons. The van der Waals surface area contributed by atoms with Crippen LogP contribution in [0.4, 0.5) is 8.78 Å². The molecular formula is C12H13F2NS. The lowest BCUT2D eigenvalue weighted by atomic mass is 10.2. The number of rotatable bonds is 4. The minimum absolute atomic E-state index is 0.0132. The Morgan fingerprint density at radius 1 is 1.38 bits per heavy atom. The molecule has 0 spiro atoms. The van der Waals surface area contributed by atoms with Gasteiger partial charge in [-0.25, -0.2) is 8.78 Å². The van der Waals surface area contributed by atoms with Crippen molar-refractivity contribution in [2.75, 3.05) is 5.75 Å². The van der Waals surface area contributed by atoms with E-state index in [-0.39, 0.29) is 10.5 Å². The molecule has 0 aliphatic rings. The van der Waals surface area contributed by atoms with Crippen molar-refractivity contribution in [1.29, 1.82) is 5.26 Å². The molecule has 0 aromatic heterocycles. The van der Waals surface area contributed by atoms with Crippen molar-refractivity contribution >= 4 is 11.8 Å². The van der Waals surface area contributed by atoms with Gasteiger partial charge in [0.25, 0.3) is 0 Å². The zero-order valence-corrected chi connectivity index (χ0v) is 10.1. The van der Waals surface area contributed by atoms with Gasteiger partial charge in [0.15, 0.2) is 0 Å². The molecule has 1 atom stereocenters. The average Bonchev–Trinajstić information content (AvgIpc) is 2.27. The van der Waals surface area contributed by atoms with Gasteiger partial charge in [0, 0.05) is 5.75 Å². The van der Waals surface area contributed by atoms with Crippen LogP contribution in [0.3, 0.4) is 0 Å². The number of hydrogen-bond acceptors (Lipinski definition) is 2. The first-order chi connectivity index (χ1) is 7.58. The van der Waals surface area contributed by atoms with E-state index in [4.69, 9.17) is 5.26 Å². The number of thioether (sulfide) groups is 1. The minimum Gasteiger partial charge on any atom is -0.206 e. The van der Waals surface area contributed by atoms with Crippen LogP contribution < -0.4 is 0 Å². The van der Waals surface area contributed by atoms with E-state index < -0.39 is 11.6 Å². The summed E-state index contributed by atoms with van der Waals surface area (Å²) in [5, 5.41) is 8.54. The molecule has 1 aromatic carbocycles. The van der Waals surface area contributed by atoms with Crippen LogP contribution in [0, 0.1) is 28.9 Å². The minimum atomic E-state index is -0.648. The van der Waals surface area contributed by atoms with Crippen molar-refractivity contribution < 1.29 is 8.78 Å². The topological polar surface area (TPSA) is 23.8 Å². The lowest BCUT2D eigenvalue weighted by Crippen LogP contribution is -1.98. The quantitative estimate of drug-likeness (QED) is 0.744. The van der Waals surface area contributed by atoms with Crippen LogP contribution in [0.1, 0.15) is 25.8 Å². The van der Waals surface area contributed by atoms with Gasteiger partial charge in [-0.15, -0.1) is 11.8 Å². The maximum Gasteiger partial charge on any atom is 0.141 e. The van der Waals surface area contributed by atoms with Gasteiger partial charge >= 0.3 is 0 Å². The standard InChI is InChI=1S/C12H13F2NS/c1-3-8(2)7-16-12-10(13)4-9(6-15)5-11(12)14/h4-5,8H,3,7H2,1-2H3. The maximum atomic E-state index is 13.4. The molecule has 0 saturated heterocycles. The van der Waals surface area contributed by atoms with Gasteiger partial charge in [-0.1, -0.05) is 20.3 Å². The highest BCUT2D eigenvalue weighted by Gasteiger charge is 2.12. The van der Waals surface area contributed by atoms with Crippen molar-refractivity contribution in [2.24, 2.45) is 5.92 Å². The van der Waals surface area contributed by atoms with Crippen LogP contribution >= 0.6 is 11.8 Å². The summed E-state index contributed by atoms with van der Waals surface area (Å²) in [5.74, 6) is -0.204. The summed E-state index contributed by atoms with van der Waals surface area (Å²) in [7, 11) is 0. The Balaban J connectivity index is 2.85. The fourth-order valence-corrected chi connectivity index (χ4v) is 2.19. The molecule has 1 unspecified atom stereocenters. The Bertz CT molecular complexity index is 389. The van der Waals surface area contributed by atoms with E-state index in [0.29, 0.717) is 11.7 Å². The van der Waals surface area contributed by atoms with Crippen LogP contribution in [0.5, 0.6) is 0 Å². The van der Waals surface area contributed by atoms with Gasteiger partial charge < -0.3 is 0 Å². The third-order valence-corrected chi connectivity index (χ3v) is 3.75. The summed E-state index contributed by atoms with van der Waals surface area (Å²) in [5.41, 5.74) is 0.0166. The van der Waals surface area contributed by atoms with Crippen LogP contribution in [0.2, 0.25) is 0 Å². The van der Waals surface area contributed by atoms with Crippen molar-refractivity contribution in [1.82, 2.24) is 0 Å². The lowest BCUT2D eigenvalue weighted by molar-refractivity contribution is 0.538. The molecule has 4 heteroatoms. The van der Waals surface area contributed by atoms with E-state index >= 15 is 0 Å². The summed E-state index contributed by atoms with van der Waals surface area (Å²) in [6.07, 6.45) is 0.979. The summed E-state index contributed by atoms with van der Waals surface area (Å²) in [6, 6.07) is 3.87. The molecule has 0 heterocycles. The van der Waals surface area contributed by atoms with E-state index in [1.807, 2.05) is 13.8 Å². The predicted molar refractivity (Wildman–Crippen MR) is 61.3 cm³/mol. The molecule has 1 aromatic rings. The second kappa shape index (κ2) is 5.86. The second-order valence-electron chi connectivity index (χ2n) is 3.71. The zero-order chi connectivity index (χ0) is 12.1. The SMILES string of the molecule is CCC(C)CSc1c(F)cc(C#N)cc1F. The predicted octanol–water partition coefficient (Wildman–Crippen LogP) is 3.97. The van der Waals surface area contributed by atoms with E-state index in [1.54, 1.807) is 6.07 Å². The fraction of sp³-hybridized carbons (Fsp3) is 0.417. The molecule has 0 aliphatic heterocycles. The highest BCUT2D eigenvalue weighted by molar-refractivity contribution is 7.99. The summed E-state index contributed by atoms with van der Waals surface area (Å²) in [6.45, 7) is 4.07. The monoisotopic (exact) mass is 241 g/mol. The van der Waals surface area contributed by atoms with E-state index in [2.05, 4.69) is 0 Å². The van der Waals surface area contributed by atoms with Crippen molar-refractivity contribution in [3.63, 3.8) is 0 Å². The first-order valence-corrected chi connectivity index (χ1v) is 6.09. The van der Waals surface area contributed by atoms with E-state index in [1.165, 1.54) is 11.8 Å². The molecule has 0 N–H and O–H groups in total. The largest absolute Gasteiger partial charge is 0.206 e. The number of halogens is 2. The van der Waals surface area contributed by atoms with Crippen LogP contribution in [0.15, 0.2) is 17.0 Å². The van der Waals surface area contributed by atoms with Crippen LogP contribution in [-0.2, 0) is 0 Å². The first-order valence-electron chi connectivity index (χ1n) is 5.10. The van der Waals surface area contributed by atoms with Gasteiger partial charge in [-0.05, 0) is 18.1 Å². The molecule has 1 nitrogen and oxygen atoms in total. The van der Waals surface area contributed by atoms with Gasteiger partial charge in [-0.3, -0.25) is 0 Å². The molecular weight excluding hydrogens is 228 g/mol. The van der Waals surface area contributed by atoms with Gasteiger partial charge in [0.2, 0.25) is 0 Å². The highest BCUT2D eigenvalue weighted by atomic mass is 32.2. The smallest absolute Gasteiger partial charge is 0.141 e. The molecule has 0 fully saturated rings. The lowest BCUT2D eigenvalue weighted by Gasteiger charge is -2.09. The molecule has 16 heavy (non-hydrogen) atoms. The maximum absolute atomic E-state index is 13.4. The van der Waals surface area contributed by atoms with Gasteiger partial charge in [0.1, 0.15) is 11.6 Å². The Morgan fingerprint density at radius 2 is 1.94 bits per heavy atom. The fourth-order valence-electron chi connectivity index (χ4n) is 1.11. The summed E-state index contributed by atoms with van der Waals surface area (Å²) < 4.78 is 26.9. The average molecular weight is 241 g/mol. The second-order valence-corrected chi connectivity index (χ2v) is 4.74. The Labute approximate surface area is 98.5 Å². The molecule has 1 rings (SSSR count). The molecule has 0 saturated carbocycles. The summed E-state index contributed by atoms with van der Waals surface area (Å²) >= 11 is 1.17. The van der Waals surface area contributed by atoms with E-state index in [9.17, 15) is 8.78 Å². The normalized spacial score (nSPS) is 12.2. The first kappa shape index (κ1) is 13.0. The molecule has 0 amide bonds. The number of hydrogen-bond donors (Lipinski definition) is 0. The van der Waals surface area contributed by atoms with Crippen LogP contribution in [0.25, 0.3) is 0 Å². The van der Waals surface area contributed by atoms with E-state index in [0.717, 1.165) is 18.6 Å². The van der Waals surface area contributed by atoms with Gasteiger partial charge in [-0.2, -0.15) is 5.26 Å². The van der Waals surface area contributed by atoms with Crippen molar-refractivity contribution in [3.8, 4) is 6.07 Å². The zero-order valence-electron chi connectivity index (χ0n) is 9.26. The third-order valence-electron chi connectivity index (χ3n) is 2.34. The number of benzene rings is 1. The Morgan fingerprint density at radius 3 is 2.38 bits per heavy atom. The van der Waals surface area contributed by atoms with Crippen LogP contribution in [-0.4, -0.2) is 5.75 Å². The number of nitriles is 1. The van der Waals surface area contributed by atoms with Crippen molar-refractivity contribution in [3.05, 3.63) is 29.3 Å². The highest BCUT2D eigenvalue weighted by Crippen LogP contribution is 2.28. The molecule has 0 bridgehead atoms.